The highest BCUT2D eigenvalue weighted by atomic mass is 35.5. The van der Waals surface area contributed by atoms with Crippen molar-refractivity contribution >= 4 is 12.4 Å². The summed E-state index contributed by atoms with van der Waals surface area (Å²) in [5.74, 6) is 1.58. The van der Waals surface area contributed by atoms with Gasteiger partial charge in [-0.25, -0.2) is 0 Å². The van der Waals surface area contributed by atoms with Crippen molar-refractivity contribution < 1.29 is 4.74 Å². The predicted molar refractivity (Wildman–Crippen MR) is 94.3 cm³/mol. The minimum absolute atomic E-state index is 0. The Morgan fingerprint density at radius 3 is 2.77 bits per heavy atom. The number of hydrogen-bond acceptors (Lipinski definition) is 2. The van der Waals surface area contributed by atoms with Crippen molar-refractivity contribution in [3.63, 3.8) is 0 Å². The van der Waals surface area contributed by atoms with E-state index in [1.165, 1.54) is 16.7 Å². The highest BCUT2D eigenvalue weighted by Crippen LogP contribution is 2.26. The number of halogens is 1. The molecule has 0 spiro atoms. The van der Waals surface area contributed by atoms with Gasteiger partial charge in [0, 0.05) is 13.0 Å². The number of fused-ring (bicyclic) bond motifs is 1. The van der Waals surface area contributed by atoms with Crippen LogP contribution in [0.3, 0.4) is 0 Å². The maximum atomic E-state index is 5.93. The van der Waals surface area contributed by atoms with Crippen LogP contribution in [0.5, 0.6) is 5.75 Å². The third-order valence-corrected chi connectivity index (χ3v) is 4.17. The first kappa shape index (κ1) is 16.9. The van der Waals surface area contributed by atoms with E-state index >= 15 is 0 Å². The van der Waals surface area contributed by atoms with Gasteiger partial charge in [-0.1, -0.05) is 43.3 Å². The average Bonchev–Trinajstić information content (AvgIpc) is 2.70. The average molecular weight is 318 g/mol. The molecule has 1 N–H and O–H groups in total. The van der Waals surface area contributed by atoms with Crippen LogP contribution in [-0.4, -0.2) is 19.7 Å². The maximum Gasteiger partial charge on any atom is 0.119 e. The zero-order valence-corrected chi connectivity index (χ0v) is 13.9. The Hall–Kier alpha value is -1.51. The summed E-state index contributed by atoms with van der Waals surface area (Å²) >= 11 is 0. The second kappa shape index (κ2) is 8.21. The van der Waals surface area contributed by atoms with Gasteiger partial charge in [-0.2, -0.15) is 0 Å². The summed E-state index contributed by atoms with van der Waals surface area (Å²) in [4.78, 5) is 0. The van der Waals surface area contributed by atoms with Crippen molar-refractivity contribution in [1.82, 2.24) is 5.32 Å². The Balaban J connectivity index is 0.00000176. The number of hydrogen-bond donors (Lipinski definition) is 1. The zero-order valence-electron chi connectivity index (χ0n) is 13.0. The van der Waals surface area contributed by atoms with E-state index in [2.05, 4.69) is 54.7 Å². The van der Waals surface area contributed by atoms with E-state index in [1.807, 2.05) is 6.07 Å². The van der Waals surface area contributed by atoms with Crippen LogP contribution in [0.2, 0.25) is 0 Å². The molecule has 0 amide bonds. The number of ether oxygens (including phenoxy) is 1. The number of benzene rings is 2. The third-order valence-electron chi connectivity index (χ3n) is 4.17. The van der Waals surface area contributed by atoms with Gasteiger partial charge in [0.2, 0.25) is 0 Å². The summed E-state index contributed by atoms with van der Waals surface area (Å²) in [5, 5.41) is 3.49. The molecular formula is C19H24ClNO. The summed E-state index contributed by atoms with van der Waals surface area (Å²) < 4.78 is 5.93. The fraction of sp³-hybridized carbons (Fsp3) is 0.368. The lowest BCUT2D eigenvalue weighted by atomic mass is 9.95. The summed E-state index contributed by atoms with van der Waals surface area (Å²) in [7, 11) is 0. The quantitative estimate of drug-likeness (QED) is 0.921. The molecule has 1 aliphatic rings. The molecule has 2 aromatic rings. The Kier molecular flexibility index (Phi) is 6.29. The fourth-order valence-electron chi connectivity index (χ4n) is 2.95. The van der Waals surface area contributed by atoms with Crippen molar-refractivity contribution in [1.29, 1.82) is 0 Å². The Labute approximate surface area is 139 Å². The monoisotopic (exact) mass is 317 g/mol. The molecule has 0 aromatic heterocycles. The molecule has 0 aliphatic carbocycles. The van der Waals surface area contributed by atoms with E-state index in [9.17, 15) is 0 Å². The minimum atomic E-state index is 0. The van der Waals surface area contributed by atoms with Crippen molar-refractivity contribution in [3.8, 4) is 5.75 Å². The second-order valence-corrected chi connectivity index (χ2v) is 5.80. The molecule has 0 radical (unpaired) electrons. The molecule has 0 saturated carbocycles. The minimum Gasteiger partial charge on any atom is -0.493 e. The Bertz CT molecular complexity index is 585. The second-order valence-electron chi connectivity index (χ2n) is 5.80. The van der Waals surface area contributed by atoms with Crippen molar-refractivity contribution in [3.05, 3.63) is 65.2 Å². The van der Waals surface area contributed by atoms with Crippen molar-refractivity contribution in [2.24, 2.45) is 0 Å². The van der Waals surface area contributed by atoms with Crippen LogP contribution < -0.4 is 10.1 Å². The van der Waals surface area contributed by atoms with E-state index in [-0.39, 0.29) is 12.4 Å². The highest BCUT2D eigenvalue weighted by Gasteiger charge is 2.14. The van der Waals surface area contributed by atoms with Crippen LogP contribution in [0.4, 0.5) is 0 Å². The standard InChI is InChI=1S/C19H23NO.ClH/c1-15-14-20-11-9-17-13-18(7-8-19(15)17)21-12-10-16-5-3-2-4-6-16;/h2-8,13,15,20H,9-12,14H2,1H3;1H/t15-;/m1./s1. The molecule has 118 valence electrons. The van der Waals surface area contributed by atoms with Gasteiger partial charge in [0.25, 0.3) is 0 Å². The molecule has 2 nitrogen and oxygen atoms in total. The first-order valence-corrected chi connectivity index (χ1v) is 7.83. The van der Waals surface area contributed by atoms with Gasteiger partial charge in [0.15, 0.2) is 0 Å². The van der Waals surface area contributed by atoms with Gasteiger partial charge in [-0.3, -0.25) is 0 Å². The van der Waals surface area contributed by atoms with Crippen LogP contribution in [0.1, 0.15) is 29.5 Å². The SMILES string of the molecule is C[C@@H]1CNCCc2cc(OCCc3ccccc3)ccc21.Cl. The molecule has 3 rings (SSSR count). The maximum absolute atomic E-state index is 5.93. The highest BCUT2D eigenvalue weighted by molar-refractivity contribution is 5.85. The van der Waals surface area contributed by atoms with E-state index in [4.69, 9.17) is 4.74 Å². The van der Waals surface area contributed by atoms with Gasteiger partial charge in [-0.15, -0.1) is 12.4 Å². The molecule has 0 fully saturated rings. The van der Waals surface area contributed by atoms with Gasteiger partial charge in [-0.05, 0) is 47.7 Å². The van der Waals surface area contributed by atoms with Crippen LogP contribution in [0, 0.1) is 0 Å². The van der Waals surface area contributed by atoms with Gasteiger partial charge < -0.3 is 10.1 Å². The van der Waals surface area contributed by atoms with Crippen molar-refractivity contribution in [2.75, 3.05) is 19.7 Å². The first-order valence-electron chi connectivity index (χ1n) is 7.83. The summed E-state index contributed by atoms with van der Waals surface area (Å²) in [6, 6.07) is 17.1. The summed E-state index contributed by atoms with van der Waals surface area (Å²) in [6.45, 7) is 5.15. The third kappa shape index (κ3) is 4.25. The molecule has 3 heteroatoms. The molecule has 0 bridgehead atoms. The van der Waals surface area contributed by atoms with E-state index < -0.39 is 0 Å². The number of nitrogens with one attached hydrogen (secondary N) is 1. The largest absolute Gasteiger partial charge is 0.493 e. The molecule has 0 saturated heterocycles. The van der Waals surface area contributed by atoms with E-state index in [0.29, 0.717) is 5.92 Å². The lowest BCUT2D eigenvalue weighted by Gasteiger charge is -2.14. The van der Waals surface area contributed by atoms with Crippen LogP contribution in [0.15, 0.2) is 48.5 Å². The molecule has 1 atom stereocenters. The molecule has 1 aliphatic heterocycles. The first-order chi connectivity index (χ1) is 10.3. The molecule has 22 heavy (non-hydrogen) atoms. The molecular weight excluding hydrogens is 294 g/mol. The van der Waals surface area contributed by atoms with E-state index in [0.717, 1.165) is 38.3 Å². The lowest BCUT2D eigenvalue weighted by Crippen LogP contribution is -2.18. The van der Waals surface area contributed by atoms with Crippen molar-refractivity contribution in [2.45, 2.75) is 25.7 Å². The molecule has 0 unspecified atom stereocenters. The zero-order chi connectivity index (χ0) is 14.5. The van der Waals surface area contributed by atoms with Crippen LogP contribution >= 0.6 is 12.4 Å². The van der Waals surface area contributed by atoms with Gasteiger partial charge in [0.1, 0.15) is 5.75 Å². The normalized spacial score (nSPS) is 17.0. The lowest BCUT2D eigenvalue weighted by molar-refractivity contribution is 0.321. The summed E-state index contributed by atoms with van der Waals surface area (Å²) in [5.41, 5.74) is 4.23. The summed E-state index contributed by atoms with van der Waals surface area (Å²) in [6.07, 6.45) is 2.05. The number of rotatable bonds is 4. The fourth-order valence-corrected chi connectivity index (χ4v) is 2.95. The molecule has 1 heterocycles. The molecule has 2 aromatic carbocycles. The van der Waals surface area contributed by atoms with Crippen LogP contribution in [0.25, 0.3) is 0 Å². The van der Waals surface area contributed by atoms with Gasteiger partial charge >= 0.3 is 0 Å². The van der Waals surface area contributed by atoms with Gasteiger partial charge in [0.05, 0.1) is 6.61 Å². The Morgan fingerprint density at radius 2 is 1.95 bits per heavy atom. The predicted octanol–water partition coefficient (Wildman–Crippen LogP) is 3.98. The topological polar surface area (TPSA) is 21.3 Å². The van der Waals surface area contributed by atoms with E-state index in [1.54, 1.807) is 0 Å². The Morgan fingerprint density at radius 1 is 1.14 bits per heavy atom. The smallest absolute Gasteiger partial charge is 0.119 e. The van der Waals surface area contributed by atoms with Crippen LogP contribution in [-0.2, 0) is 12.8 Å².